The SMILES string of the molecule is NC(CO)Cc1ccc(Oc2cnccn2)cc1. The molecule has 18 heavy (non-hydrogen) atoms. The van der Waals surface area contributed by atoms with Crippen molar-refractivity contribution in [2.24, 2.45) is 5.73 Å². The summed E-state index contributed by atoms with van der Waals surface area (Å²) in [5, 5.41) is 8.88. The molecule has 1 aromatic carbocycles. The van der Waals surface area contributed by atoms with E-state index in [1.165, 1.54) is 0 Å². The fourth-order valence-electron chi connectivity index (χ4n) is 1.52. The van der Waals surface area contributed by atoms with Gasteiger partial charge in [-0.3, -0.25) is 4.98 Å². The number of aromatic nitrogens is 2. The van der Waals surface area contributed by atoms with E-state index in [0.29, 0.717) is 18.1 Å². The topological polar surface area (TPSA) is 81.3 Å². The van der Waals surface area contributed by atoms with Crippen LogP contribution in [0.1, 0.15) is 5.56 Å². The highest BCUT2D eigenvalue weighted by atomic mass is 16.5. The molecule has 0 aliphatic carbocycles. The number of rotatable bonds is 5. The summed E-state index contributed by atoms with van der Waals surface area (Å²) in [4.78, 5) is 7.94. The van der Waals surface area contributed by atoms with Crippen LogP contribution in [0.25, 0.3) is 0 Å². The van der Waals surface area contributed by atoms with Crippen molar-refractivity contribution < 1.29 is 9.84 Å². The standard InChI is InChI=1S/C13H15N3O2/c14-11(9-17)7-10-1-3-12(4-2-10)18-13-8-15-5-6-16-13/h1-6,8,11,17H,7,9,14H2. The third-order valence-corrected chi connectivity index (χ3v) is 2.42. The Bertz CT molecular complexity index is 473. The number of hydrogen-bond donors (Lipinski definition) is 2. The zero-order valence-corrected chi connectivity index (χ0v) is 9.86. The first kappa shape index (κ1) is 12.5. The molecule has 1 unspecified atom stereocenters. The van der Waals surface area contributed by atoms with Crippen molar-refractivity contribution in [2.75, 3.05) is 6.61 Å². The van der Waals surface area contributed by atoms with Gasteiger partial charge in [0.2, 0.25) is 5.88 Å². The van der Waals surface area contributed by atoms with Gasteiger partial charge in [-0.25, -0.2) is 4.98 Å². The number of ether oxygens (including phenoxy) is 1. The summed E-state index contributed by atoms with van der Waals surface area (Å²) < 4.78 is 5.51. The van der Waals surface area contributed by atoms with Gasteiger partial charge in [-0.2, -0.15) is 0 Å². The molecule has 5 heteroatoms. The zero-order chi connectivity index (χ0) is 12.8. The molecule has 0 bridgehead atoms. The summed E-state index contributed by atoms with van der Waals surface area (Å²) in [5.41, 5.74) is 6.73. The maximum Gasteiger partial charge on any atom is 0.237 e. The second-order valence-electron chi connectivity index (χ2n) is 3.94. The molecule has 0 spiro atoms. The van der Waals surface area contributed by atoms with Gasteiger partial charge in [-0.1, -0.05) is 12.1 Å². The first-order valence-electron chi connectivity index (χ1n) is 5.67. The average molecular weight is 245 g/mol. The lowest BCUT2D eigenvalue weighted by atomic mass is 10.1. The zero-order valence-electron chi connectivity index (χ0n) is 9.86. The Kier molecular flexibility index (Phi) is 4.22. The number of nitrogens with zero attached hydrogens (tertiary/aromatic N) is 2. The Morgan fingerprint density at radius 1 is 1.22 bits per heavy atom. The molecule has 2 aromatic rings. The Labute approximate surface area is 105 Å². The molecule has 0 fully saturated rings. The number of aliphatic hydroxyl groups excluding tert-OH is 1. The molecule has 1 heterocycles. The summed E-state index contributed by atoms with van der Waals surface area (Å²) in [7, 11) is 0. The van der Waals surface area contributed by atoms with Crippen LogP contribution in [-0.4, -0.2) is 27.7 Å². The molecular formula is C13H15N3O2. The van der Waals surface area contributed by atoms with Gasteiger partial charge < -0.3 is 15.6 Å². The van der Waals surface area contributed by atoms with Gasteiger partial charge in [0.15, 0.2) is 0 Å². The van der Waals surface area contributed by atoms with E-state index >= 15 is 0 Å². The molecule has 5 nitrogen and oxygen atoms in total. The van der Waals surface area contributed by atoms with Gasteiger partial charge in [-0.15, -0.1) is 0 Å². The monoisotopic (exact) mass is 245 g/mol. The predicted octanol–water partition coefficient (Wildman–Crippen LogP) is 1.13. The highest BCUT2D eigenvalue weighted by Gasteiger charge is 2.03. The lowest BCUT2D eigenvalue weighted by Gasteiger charge is -2.09. The maximum atomic E-state index is 8.88. The minimum Gasteiger partial charge on any atom is -0.438 e. The quantitative estimate of drug-likeness (QED) is 0.825. The number of hydrogen-bond acceptors (Lipinski definition) is 5. The molecule has 3 N–H and O–H groups in total. The van der Waals surface area contributed by atoms with Crippen molar-refractivity contribution >= 4 is 0 Å². The Morgan fingerprint density at radius 3 is 2.61 bits per heavy atom. The number of aliphatic hydroxyl groups is 1. The van der Waals surface area contributed by atoms with E-state index in [1.807, 2.05) is 24.3 Å². The molecule has 0 aliphatic rings. The highest BCUT2D eigenvalue weighted by Crippen LogP contribution is 2.18. The summed E-state index contributed by atoms with van der Waals surface area (Å²) >= 11 is 0. The number of nitrogens with two attached hydrogens (primary N) is 1. The van der Waals surface area contributed by atoms with Crippen molar-refractivity contribution in [3.63, 3.8) is 0 Å². The van der Waals surface area contributed by atoms with E-state index in [1.54, 1.807) is 18.6 Å². The molecule has 0 saturated carbocycles. The minimum atomic E-state index is -0.225. The first-order valence-corrected chi connectivity index (χ1v) is 5.67. The second-order valence-corrected chi connectivity index (χ2v) is 3.94. The van der Waals surface area contributed by atoms with E-state index in [2.05, 4.69) is 9.97 Å². The van der Waals surface area contributed by atoms with Crippen LogP contribution in [0.3, 0.4) is 0 Å². The van der Waals surface area contributed by atoms with E-state index in [9.17, 15) is 0 Å². The Balaban J connectivity index is 2.00. The van der Waals surface area contributed by atoms with E-state index in [0.717, 1.165) is 5.56 Å². The Morgan fingerprint density at radius 2 is 2.00 bits per heavy atom. The van der Waals surface area contributed by atoms with Crippen molar-refractivity contribution in [1.29, 1.82) is 0 Å². The van der Waals surface area contributed by atoms with Crippen LogP contribution in [0, 0.1) is 0 Å². The molecule has 0 aliphatic heterocycles. The van der Waals surface area contributed by atoms with Crippen molar-refractivity contribution in [2.45, 2.75) is 12.5 Å². The smallest absolute Gasteiger partial charge is 0.237 e. The fourth-order valence-corrected chi connectivity index (χ4v) is 1.52. The van der Waals surface area contributed by atoms with Crippen LogP contribution in [0.5, 0.6) is 11.6 Å². The Hall–Kier alpha value is -1.98. The van der Waals surface area contributed by atoms with Gasteiger partial charge >= 0.3 is 0 Å². The first-order chi connectivity index (χ1) is 8.78. The van der Waals surface area contributed by atoms with Crippen LogP contribution in [0.4, 0.5) is 0 Å². The van der Waals surface area contributed by atoms with Gasteiger partial charge in [0.05, 0.1) is 12.8 Å². The van der Waals surface area contributed by atoms with Gasteiger partial charge in [0, 0.05) is 18.4 Å². The second kappa shape index (κ2) is 6.09. The minimum absolute atomic E-state index is 0.0160. The van der Waals surface area contributed by atoms with Crippen molar-refractivity contribution in [3.8, 4) is 11.6 Å². The van der Waals surface area contributed by atoms with E-state index in [4.69, 9.17) is 15.6 Å². The average Bonchev–Trinajstić information content (AvgIpc) is 2.42. The molecule has 0 radical (unpaired) electrons. The summed E-state index contributed by atoms with van der Waals surface area (Å²) in [6.45, 7) is -0.0160. The predicted molar refractivity (Wildman–Crippen MR) is 67.3 cm³/mol. The van der Waals surface area contributed by atoms with E-state index in [-0.39, 0.29) is 12.6 Å². The fraction of sp³-hybridized carbons (Fsp3) is 0.231. The molecule has 94 valence electrons. The summed E-state index contributed by atoms with van der Waals surface area (Å²) in [5.74, 6) is 1.15. The third-order valence-electron chi connectivity index (χ3n) is 2.42. The number of benzene rings is 1. The lowest BCUT2D eigenvalue weighted by Crippen LogP contribution is -2.26. The molecule has 0 amide bonds. The molecule has 0 saturated heterocycles. The lowest BCUT2D eigenvalue weighted by molar-refractivity contribution is 0.265. The largest absolute Gasteiger partial charge is 0.438 e. The third kappa shape index (κ3) is 3.51. The van der Waals surface area contributed by atoms with Crippen LogP contribution >= 0.6 is 0 Å². The molecule has 2 rings (SSSR count). The summed E-state index contributed by atoms with van der Waals surface area (Å²) in [6, 6.07) is 7.29. The summed E-state index contributed by atoms with van der Waals surface area (Å²) in [6.07, 6.45) is 5.35. The van der Waals surface area contributed by atoms with Crippen LogP contribution in [-0.2, 0) is 6.42 Å². The van der Waals surface area contributed by atoms with Gasteiger partial charge in [0.1, 0.15) is 5.75 Å². The highest BCUT2D eigenvalue weighted by molar-refractivity contribution is 5.30. The molecule has 1 atom stereocenters. The normalized spacial score (nSPS) is 12.1. The van der Waals surface area contributed by atoms with Crippen molar-refractivity contribution in [1.82, 2.24) is 9.97 Å². The van der Waals surface area contributed by atoms with Crippen LogP contribution in [0.2, 0.25) is 0 Å². The maximum absolute atomic E-state index is 8.88. The van der Waals surface area contributed by atoms with Crippen LogP contribution < -0.4 is 10.5 Å². The van der Waals surface area contributed by atoms with E-state index < -0.39 is 0 Å². The molecular weight excluding hydrogens is 230 g/mol. The van der Waals surface area contributed by atoms with Crippen molar-refractivity contribution in [3.05, 3.63) is 48.4 Å². The van der Waals surface area contributed by atoms with Gasteiger partial charge in [0.25, 0.3) is 0 Å². The van der Waals surface area contributed by atoms with Crippen LogP contribution in [0.15, 0.2) is 42.9 Å². The van der Waals surface area contributed by atoms with Gasteiger partial charge in [-0.05, 0) is 24.1 Å². The molecule has 1 aromatic heterocycles.